The number of hydrogen-bond donors (Lipinski definition) is 2. The van der Waals surface area contributed by atoms with Gasteiger partial charge in [-0.15, -0.1) is 0 Å². The summed E-state index contributed by atoms with van der Waals surface area (Å²) in [6.07, 6.45) is 0. The van der Waals surface area contributed by atoms with Gasteiger partial charge in [-0.3, -0.25) is 4.79 Å². The third-order valence-corrected chi connectivity index (χ3v) is 3.06. The highest BCUT2D eigenvalue weighted by atomic mass is 16.3. The van der Waals surface area contributed by atoms with Crippen LogP contribution in [-0.2, 0) is 0 Å². The van der Waals surface area contributed by atoms with Crippen LogP contribution in [0.25, 0.3) is 0 Å². The maximum Gasteiger partial charge on any atom is 0.255 e. The fourth-order valence-electron chi connectivity index (χ4n) is 1.89. The van der Waals surface area contributed by atoms with Crippen molar-refractivity contribution < 1.29 is 9.90 Å². The van der Waals surface area contributed by atoms with Crippen molar-refractivity contribution in [3.8, 4) is 0 Å². The zero-order valence-electron chi connectivity index (χ0n) is 9.31. The van der Waals surface area contributed by atoms with E-state index in [0.717, 1.165) is 5.56 Å². The maximum absolute atomic E-state index is 12.0. The molecule has 0 unspecified atom stereocenters. The Morgan fingerprint density at radius 1 is 1.56 bits per heavy atom. The molecule has 1 saturated heterocycles. The van der Waals surface area contributed by atoms with E-state index in [0.29, 0.717) is 24.3 Å². The first-order valence-corrected chi connectivity index (χ1v) is 5.38. The topological polar surface area (TPSA) is 66.6 Å². The van der Waals surface area contributed by atoms with Crippen LogP contribution in [0.1, 0.15) is 15.9 Å². The average molecular weight is 220 g/mol. The van der Waals surface area contributed by atoms with Crippen molar-refractivity contribution in [1.29, 1.82) is 0 Å². The molecule has 1 heterocycles. The molecular formula is C12H16N2O2. The predicted octanol–water partition coefficient (Wildman–Crippen LogP) is 0.642. The molecule has 1 amide bonds. The van der Waals surface area contributed by atoms with E-state index in [-0.39, 0.29) is 18.4 Å². The SMILES string of the molecule is Cc1cccc(C(=O)N2CC(CO)C2)c1N. The van der Waals surface area contributed by atoms with Crippen LogP contribution in [0, 0.1) is 12.8 Å². The van der Waals surface area contributed by atoms with Crippen LogP contribution in [0.2, 0.25) is 0 Å². The van der Waals surface area contributed by atoms with Crippen molar-refractivity contribution in [3.63, 3.8) is 0 Å². The molecule has 1 aliphatic heterocycles. The van der Waals surface area contributed by atoms with E-state index < -0.39 is 0 Å². The van der Waals surface area contributed by atoms with Crippen molar-refractivity contribution in [1.82, 2.24) is 4.90 Å². The standard InChI is InChI=1S/C12H16N2O2/c1-8-3-2-4-10(11(8)13)12(16)14-5-9(6-14)7-15/h2-4,9,15H,5-7,13H2,1H3. The molecule has 1 aromatic carbocycles. The van der Waals surface area contributed by atoms with E-state index in [2.05, 4.69) is 0 Å². The van der Waals surface area contributed by atoms with E-state index in [4.69, 9.17) is 10.8 Å². The molecule has 0 saturated carbocycles. The van der Waals surface area contributed by atoms with Crippen molar-refractivity contribution in [2.75, 3.05) is 25.4 Å². The number of aryl methyl sites for hydroxylation is 1. The lowest BCUT2D eigenvalue weighted by molar-refractivity contribution is 0.0363. The molecule has 0 radical (unpaired) electrons. The normalized spacial score (nSPS) is 16.0. The zero-order chi connectivity index (χ0) is 11.7. The van der Waals surface area contributed by atoms with Crippen molar-refractivity contribution in [3.05, 3.63) is 29.3 Å². The number of aliphatic hydroxyl groups excluding tert-OH is 1. The Morgan fingerprint density at radius 2 is 2.25 bits per heavy atom. The smallest absolute Gasteiger partial charge is 0.255 e. The van der Waals surface area contributed by atoms with Gasteiger partial charge >= 0.3 is 0 Å². The summed E-state index contributed by atoms with van der Waals surface area (Å²) in [6, 6.07) is 5.47. The molecular weight excluding hydrogens is 204 g/mol. The minimum Gasteiger partial charge on any atom is -0.398 e. The zero-order valence-corrected chi connectivity index (χ0v) is 9.31. The molecule has 1 fully saturated rings. The number of nitrogens with zero attached hydrogens (tertiary/aromatic N) is 1. The van der Waals surface area contributed by atoms with Gasteiger partial charge in [0.25, 0.3) is 5.91 Å². The molecule has 0 atom stereocenters. The van der Waals surface area contributed by atoms with Gasteiger partial charge in [0.1, 0.15) is 0 Å². The molecule has 1 aliphatic rings. The maximum atomic E-state index is 12.0. The number of anilines is 1. The van der Waals surface area contributed by atoms with Crippen molar-refractivity contribution in [2.24, 2.45) is 5.92 Å². The van der Waals surface area contributed by atoms with Gasteiger partial charge in [0.2, 0.25) is 0 Å². The van der Waals surface area contributed by atoms with Crippen LogP contribution < -0.4 is 5.73 Å². The lowest BCUT2D eigenvalue weighted by Gasteiger charge is -2.38. The summed E-state index contributed by atoms with van der Waals surface area (Å²) in [7, 11) is 0. The second kappa shape index (κ2) is 4.14. The number of nitrogen functional groups attached to an aromatic ring is 1. The first-order valence-electron chi connectivity index (χ1n) is 5.38. The molecule has 3 N–H and O–H groups in total. The third kappa shape index (κ3) is 1.76. The second-order valence-electron chi connectivity index (χ2n) is 4.29. The number of hydrogen-bond acceptors (Lipinski definition) is 3. The highest BCUT2D eigenvalue weighted by molar-refractivity contribution is 6.00. The first-order chi connectivity index (χ1) is 7.63. The highest BCUT2D eigenvalue weighted by Gasteiger charge is 2.31. The van der Waals surface area contributed by atoms with E-state index in [9.17, 15) is 4.79 Å². The summed E-state index contributed by atoms with van der Waals surface area (Å²) in [4.78, 5) is 13.7. The second-order valence-corrected chi connectivity index (χ2v) is 4.29. The Hall–Kier alpha value is -1.55. The molecule has 0 aromatic heterocycles. The van der Waals surface area contributed by atoms with Gasteiger partial charge in [0.05, 0.1) is 5.56 Å². The first kappa shape index (κ1) is 11.0. The Kier molecular flexibility index (Phi) is 2.83. The lowest BCUT2D eigenvalue weighted by atomic mass is 9.99. The highest BCUT2D eigenvalue weighted by Crippen LogP contribution is 2.23. The summed E-state index contributed by atoms with van der Waals surface area (Å²) >= 11 is 0. The number of para-hydroxylation sites is 1. The molecule has 2 rings (SSSR count). The van der Waals surface area contributed by atoms with Crippen LogP contribution in [0.3, 0.4) is 0 Å². The monoisotopic (exact) mass is 220 g/mol. The Labute approximate surface area is 94.7 Å². The number of amides is 1. The van der Waals surface area contributed by atoms with Crippen LogP contribution in [0.4, 0.5) is 5.69 Å². The van der Waals surface area contributed by atoms with Crippen LogP contribution in [-0.4, -0.2) is 35.6 Å². The average Bonchev–Trinajstić information content (AvgIpc) is 2.20. The van der Waals surface area contributed by atoms with Crippen LogP contribution >= 0.6 is 0 Å². The molecule has 0 aliphatic carbocycles. The van der Waals surface area contributed by atoms with Crippen LogP contribution in [0.5, 0.6) is 0 Å². The van der Waals surface area contributed by atoms with Gasteiger partial charge in [-0.25, -0.2) is 0 Å². The van der Waals surface area contributed by atoms with Crippen molar-refractivity contribution in [2.45, 2.75) is 6.92 Å². The summed E-state index contributed by atoms with van der Waals surface area (Å²) in [5.74, 6) is 0.195. The van der Waals surface area contributed by atoms with E-state index in [1.165, 1.54) is 0 Å². The quantitative estimate of drug-likeness (QED) is 0.719. The summed E-state index contributed by atoms with van der Waals surface area (Å²) in [5, 5.41) is 8.89. The van der Waals surface area contributed by atoms with Gasteiger partial charge in [-0.05, 0) is 18.6 Å². The molecule has 0 bridgehead atoms. The van der Waals surface area contributed by atoms with Crippen molar-refractivity contribution >= 4 is 11.6 Å². The number of aliphatic hydroxyl groups is 1. The van der Waals surface area contributed by atoms with Gasteiger partial charge in [-0.1, -0.05) is 12.1 Å². The van der Waals surface area contributed by atoms with Crippen LogP contribution in [0.15, 0.2) is 18.2 Å². The lowest BCUT2D eigenvalue weighted by Crippen LogP contribution is -2.51. The number of nitrogens with two attached hydrogens (primary N) is 1. The minimum absolute atomic E-state index is 0.0362. The molecule has 0 spiro atoms. The van der Waals surface area contributed by atoms with Gasteiger partial charge < -0.3 is 15.7 Å². The van der Waals surface area contributed by atoms with Gasteiger partial charge in [-0.2, -0.15) is 0 Å². The summed E-state index contributed by atoms with van der Waals surface area (Å²) in [5.41, 5.74) is 7.91. The molecule has 4 nitrogen and oxygen atoms in total. The number of benzene rings is 1. The predicted molar refractivity (Wildman–Crippen MR) is 62.1 cm³/mol. The summed E-state index contributed by atoms with van der Waals surface area (Å²) < 4.78 is 0. The molecule has 16 heavy (non-hydrogen) atoms. The number of likely N-dealkylation sites (tertiary alicyclic amines) is 1. The van der Waals surface area contributed by atoms with Gasteiger partial charge in [0, 0.05) is 31.3 Å². The van der Waals surface area contributed by atoms with E-state index >= 15 is 0 Å². The fourth-order valence-corrected chi connectivity index (χ4v) is 1.89. The van der Waals surface area contributed by atoms with E-state index in [1.54, 1.807) is 11.0 Å². The Morgan fingerprint density at radius 3 is 2.88 bits per heavy atom. The number of carbonyl (C=O) groups excluding carboxylic acids is 1. The molecule has 1 aromatic rings. The van der Waals surface area contributed by atoms with Gasteiger partial charge in [0.15, 0.2) is 0 Å². The molecule has 86 valence electrons. The number of carbonyl (C=O) groups is 1. The molecule has 4 heteroatoms. The van der Waals surface area contributed by atoms with E-state index in [1.807, 2.05) is 19.1 Å². The summed E-state index contributed by atoms with van der Waals surface area (Å²) in [6.45, 7) is 3.29. The number of rotatable bonds is 2. The minimum atomic E-state index is -0.0362. The Bertz CT molecular complexity index is 411. The largest absolute Gasteiger partial charge is 0.398 e. The Balaban J connectivity index is 2.13. The third-order valence-electron chi connectivity index (χ3n) is 3.06. The fraction of sp³-hybridized carbons (Fsp3) is 0.417.